The lowest BCUT2D eigenvalue weighted by molar-refractivity contribution is 0.302. The first-order valence-electron chi connectivity index (χ1n) is 8.42. The fourth-order valence-electron chi connectivity index (χ4n) is 2.55. The Morgan fingerprint density at radius 2 is 1.88 bits per heavy atom. The Morgan fingerprint density at radius 1 is 1.04 bits per heavy atom. The molecule has 3 rings (SSSR count). The van der Waals surface area contributed by atoms with Gasteiger partial charge >= 0.3 is 0 Å². The van der Waals surface area contributed by atoms with Crippen molar-refractivity contribution in [3.8, 4) is 5.75 Å². The van der Waals surface area contributed by atoms with E-state index in [2.05, 4.69) is 15.6 Å². The van der Waals surface area contributed by atoms with Gasteiger partial charge in [0.1, 0.15) is 12.4 Å². The second kappa shape index (κ2) is 9.57. The molecule has 2 aromatic carbocycles. The van der Waals surface area contributed by atoms with Crippen LogP contribution in [0.4, 0.5) is 0 Å². The van der Waals surface area contributed by atoms with Gasteiger partial charge in [-0.1, -0.05) is 52.7 Å². The first-order chi connectivity index (χ1) is 12.7. The molecular weight excluding hydrogens is 371 g/mol. The molecule has 0 saturated carbocycles. The van der Waals surface area contributed by atoms with Gasteiger partial charge in [-0.3, -0.25) is 4.68 Å². The van der Waals surface area contributed by atoms with Gasteiger partial charge in [0.15, 0.2) is 0 Å². The van der Waals surface area contributed by atoms with Crippen LogP contribution in [-0.4, -0.2) is 21.5 Å². The molecule has 1 aromatic heterocycles. The smallest absolute Gasteiger partial charge is 0.125 e. The fourth-order valence-corrected chi connectivity index (χ4v) is 2.97. The minimum Gasteiger partial charge on any atom is -0.488 e. The molecule has 0 atom stereocenters. The predicted molar refractivity (Wildman–Crippen MR) is 104 cm³/mol. The molecule has 0 unspecified atom stereocenters. The van der Waals surface area contributed by atoms with Crippen LogP contribution in [-0.2, 0) is 19.7 Å². The molecule has 0 aliphatic rings. The Kier molecular flexibility index (Phi) is 6.89. The molecule has 0 aliphatic heterocycles. The minimum atomic E-state index is 0.402. The third-order valence-electron chi connectivity index (χ3n) is 3.93. The number of hydrogen-bond donors (Lipinski definition) is 1. The molecule has 0 spiro atoms. The second-order valence-electron chi connectivity index (χ2n) is 5.79. The average molecular weight is 391 g/mol. The van der Waals surface area contributed by atoms with E-state index in [0.717, 1.165) is 36.4 Å². The van der Waals surface area contributed by atoms with Gasteiger partial charge in [0.2, 0.25) is 0 Å². The topological polar surface area (TPSA) is 52.0 Å². The maximum Gasteiger partial charge on any atom is 0.125 e. The monoisotopic (exact) mass is 390 g/mol. The van der Waals surface area contributed by atoms with Gasteiger partial charge in [0.05, 0.1) is 6.20 Å². The van der Waals surface area contributed by atoms with E-state index in [1.54, 1.807) is 6.20 Å². The van der Waals surface area contributed by atoms with E-state index >= 15 is 0 Å². The number of nitrogens with zero attached hydrogens (tertiary/aromatic N) is 3. The van der Waals surface area contributed by atoms with Gasteiger partial charge in [-0.15, -0.1) is 5.10 Å². The van der Waals surface area contributed by atoms with E-state index in [9.17, 15) is 0 Å². The molecule has 5 nitrogen and oxygen atoms in total. The molecule has 0 saturated heterocycles. The van der Waals surface area contributed by atoms with Crippen LogP contribution in [0.15, 0.2) is 54.9 Å². The molecule has 1 heterocycles. The number of nitrogens with one attached hydrogen (secondary N) is 1. The Balaban J connectivity index is 1.54. The lowest BCUT2D eigenvalue weighted by Crippen LogP contribution is -2.17. The predicted octanol–water partition coefficient (Wildman–Crippen LogP) is 4.34. The van der Waals surface area contributed by atoms with Crippen LogP contribution in [0.1, 0.15) is 17.5 Å². The number of halogens is 2. The summed E-state index contributed by atoms with van der Waals surface area (Å²) in [5.74, 6) is 0.765. The molecule has 7 heteroatoms. The second-order valence-corrected chi connectivity index (χ2v) is 6.61. The molecule has 1 N–H and O–H groups in total. The first kappa shape index (κ1) is 18.7. The fraction of sp³-hybridized carbons (Fsp3) is 0.263. The van der Waals surface area contributed by atoms with Crippen molar-refractivity contribution in [2.45, 2.75) is 26.1 Å². The zero-order valence-corrected chi connectivity index (χ0v) is 15.7. The Bertz CT molecular complexity index is 824. The molecular formula is C19H20Cl2N4O. The van der Waals surface area contributed by atoms with E-state index in [0.29, 0.717) is 23.2 Å². The van der Waals surface area contributed by atoms with Crippen LogP contribution in [0, 0.1) is 0 Å². The van der Waals surface area contributed by atoms with Crippen LogP contribution >= 0.6 is 23.2 Å². The van der Waals surface area contributed by atoms with Gasteiger partial charge < -0.3 is 10.1 Å². The Labute approximate surface area is 162 Å². The summed E-state index contributed by atoms with van der Waals surface area (Å²) in [6.07, 6.45) is 4.48. The van der Waals surface area contributed by atoms with Crippen LogP contribution in [0.3, 0.4) is 0 Å². The summed E-state index contributed by atoms with van der Waals surface area (Å²) in [5.41, 5.74) is 1.89. The molecule has 0 radical (unpaired) electrons. The zero-order chi connectivity index (χ0) is 18.2. The van der Waals surface area contributed by atoms with Crippen molar-refractivity contribution >= 4 is 23.2 Å². The average Bonchev–Trinajstić information content (AvgIpc) is 3.16. The van der Waals surface area contributed by atoms with Crippen LogP contribution in [0.5, 0.6) is 5.75 Å². The van der Waals surface area contributed by atoms with Gasteiger partial charge in [-0.25, -0.2) is 0 Å². The SMILES string of the molecule is Clc1ccccc1COc1cccc(Cl)c1CNCCCn1ccnn1. The first-order valence-corrected chi connectivity index (χ1v) is 9.18. The van der Waals surface area contributed by atoms with Gasteiger partial charge in [-0.05, 0) is 31.2 Å². The van der Waals surface area contributed by atoms with Crippen LogP contribution < -0.4 is 10.1 Å². The lowest BCUT2D eigenvalue weighted by atomic mass is 10.2. The number of hydrogen-bond acceptors (Lipinski definition) is 4. The van der Waals surface area contributed by atoms with Crippen molar-refractivity contribution in [1.82, 2.24) is 20.3 Å². The summed E-state index contributed by atoms with van der Waals surface area (Å²) in [6, 6.07) is 13.3. The number of ether oxygens (including phenoxy) is 1. The Morgan fingerprint density at radius 3 is 2.69 bits per heavy atom. The van der Waals surface area contributed by atoms with Crippen molar-refractivity contribution in [2.24, 2.45) is 0 Å². The maximum atomic E-state index is 6.37. The normalized spacial score (nSPS) is 10.8. The minimum absolute atomic E-state index is 0.402. The maximum absolute atomic E-state index is 6.37. The standard InChI is InChI=1S/C19H20Cl2N4O/c20-17-6-2-1-5-15(17)14-26-19-8-3-7-18(21)16(19)13-22-9-4-11-25-12-10-23-24-25/h1-3,5-8,10,12,22H,4,9,11,13-14H2. The molecule has 26 heavy (non-hydrogen) atoms. The number of aryl methyl sites for hydroxylation is 1. The molecule has 0 fully saturated rings. The summed E-state index contributed by atoms with van der Waals surface area (Å²) < 4.78 is 7.78. The van der Waals surface area contributed by atoms with Crippen molar-refractivity contribution in [2.75, 3.05) is 6.54 Å². The summed E-state index contributed by atoms with van der Waals surface area (Å²) in [5, 5.41) is 12.5. The third kappa shape index (κ3) is 5.21. The van der Waals surface area contributed by atoms with Crippen molar-refractivity contribution < 1.29 is 4.74 Å². The summed E-state index contributed by atoms with van der Waals surface area (Å²) in [4.78, 5) is 0. The highest BCUT2D eigenvalue weighted by Crippen LogP contribution is 2.28. The highest BCUT2D eigenvalue weighted by atomic mass is 35.5. The van der Waals surface area contributed by atoms with Gasteiger partial charge in [0.25, 0.3) is 0 Å². The number of aromatic nitrogens is 3. The van der Waals surface area contributed by atoms with E-state index in [4.69, 9.17) is 27.9 Å². The largest absolute Gasteiger partial charge is 0.488 e. The van der Waals surface area contributed by atoms with Gasteiger partial charge in [-0.2, -0.15) is 0 Å². The van der Waals surface area contributed by atoms with Gasteiger partial charge in [0, 0.05) is 40.5 Å². The Hall–Kier alpha value is -2.08. The molecule has 0 aliphatic carbocycles. The summed E-state index contributed by atoms with van der Waals surface area (Å²) in [6.45, 7) is 2.70. The molecule has 3 aromatic rings. The molecule has 0 bridgehead atoms. The van der Waals surface area contributed by atoms with Crippen LogP contribution in [0.25, 0.3) is 0 Å². The summed E-state index contributed by atoms with van der Waals surface area (Å²) in [7, 11) is 0. The summed E-state index contributed by atoms with van der Waals surface area (Å²) >= 11 is 12.6. The van der Waals surface area contributed by atoms with E-state index < -0.39 is 0 Å². The van der Waals surface area contributed by atoms with E-state index in [-0.39, 0.29) is 0 Å². The van der Waals surface area contributed by atoms with Crippen LogP contribution in [0.2, 0.25) is 10.0 Å². The molecule has 136 valence electrons. The van der Waals surface area contributed by atoms with E-state index in [1.165, 1.54) is 0 Å². The van der Waals surface area contributed by atoms with E-state index in [1.807, 2.05) is 53.3 Å². The quantitative estimate of drug-likeness (QED) is 0.552. The highest BCUT2D eigenvalue weighted by molar-refractivity contribution is 6.31. The number of benzene rings is 2. The zero-order valence-electron chi connectivity index (χ0n) is 14.2. The molecule has 0 amide bonds. The lowest BCUT2D eigenvalue weighted by Gasteiger charge is -2.14. The van der Waals surface area contributed by atoms with Crippen molar-refractivity contribution in [3.05, 3.63) is 76.0 Å². The highest BCUT2D eigenvalue weighted by Gasteiger charge is 2.09. The van der Waals surface area contributed by atoms with Crippen molar-refractivity contribution in [3.63, 3.8) is 0 Å². The van der Waals surface area contributed by atoms with Crippen molar-refractivity contribution in [1.29, 1.82) is 0 Å². The number of rotatable bonds is 9. The third-order valence-corrected chi connectivity index (χ3v) is 4.65.